The molecule has 2 unspecified atom stereocenters. The Morgan fingerprint density at radius 1 is 1.20 bits per heavy atom. The lowest BCUT2D eigenvalue weighted by Gasteiger charge is -2.35. The summed E-state index contributed by atoms with van der Waals surface area (Å²) in [6.45, 7) is 13.2. The predicted octanol–water partition coefficient (Wildman–Crippen LogP) is 6.66. The van der Waals surface area contributed by atoms with Crippen LogP contribution in [0.2, 0.25) is 0 Å². The first kappa shape index (κ1) is 19.9. The average molecular weight is 345 g/mol. The van der Waals surface area contributed by atoms with Gasteiger partial charge in [0.05, 0.1) is 0 Å². The SMILES string of the molecule is CCCCC(C)(C)c1ccc(O)c(C2C=C(C)CCC2C(C)C)c1O. The maximum absolute atomic E-state index is 11.2. The molecule has 2 atom stereocenters. The lowest BCUT2D eigenvalue weighted by atomic mass is 9.70. The van der Waals surface area contributed by atoms with Gasteiger partial charge in [0.15, 0.2) is 0 Å². The van der Waals surface area contributed by atoms with E-state index in [1.165, 1.54) is 5.57 Å². The van der Waals surface area contributed by atoms with Crippen LogP contribution in [0.3, 0.4) is 0 Å². The second-order valence-electron chi connectivity index (χ2n) is 8.87. The van der Waals surface area contributed by atoms with Gasteiger partial charge in [0.1, 0.15) is 11.5 Å². The number of allylic oxidation sites excluding steroid dienone is 2. The van der Waals surface area contributed by atoms with Crippen molar-refractivity contribution in [3.8, 4) is 11.5 Å². The van der Waals surface area contributed by atoms with Gasteiger partial charge in [-0.2, -0.15) is 0 Å². The van der Waals surface area contributed by atoms with Crippen molar-refractivity contribution in [2.24, 2.45) is 11.8 Å². The summed E-state index contributed by atoms with van der Waals surface area (Å²) in [5.41, 5.74) is 2.97. The predicted molar refractivity (Wildman–Crippen MR) is 106 cm³/mol. The fraction of sp³-hybridized carbons (Fsp3) is 0.652. The van der Waals surface area contributed by atoms with Gasteiger partial charge in [0.2, 0.25) is 0 Å². The van der Waals surface area contributed by atoms with E-state index in [0.717, 1.165) is 43.2 Å². The third-order valence-electron chi connectivity index (χ3n) is 6.07. The van der Waals surface area contributed by atoms with Crippen LogP contribution in [0.5, 0.6) is 11.5 Å². The molecule has 0 saturated heterocycles. The van der Waals surface area contributed by atoms with E-state index in [-0.39, 0.29) is 17.1 Å². The molecule has 1 aliphatic rings. The first-order valence-electron chi connectivity index (χ1n) is 9.91. The number of rotatable bonds is 6. The largest absolute Gasteiger partial charge is 0.508 e. The molecule has 1 aliphatic carbocycles. The number of benzene rings is 1. The van der Waals surface area contributed by atoms with Crippen LogP contribution in [0.1, 0.15) is 90.7 Å². The van der Waals surface area contributed by atoms with E-state index in [0.29, 0.717) is 17.6 Å². The minimum absolute atomic E-state index is 0.0932. The summed E-state index contributed by atoms with van der Waals surface area (Å²) in [7, 11) is 0. The van der Waals surface area contributed by atoms with Crippen molar-refractivity contribution in [2.45, 2.75) is 85.0 Å². The standard InChI is InChI=1S/C23H36O2/c1-7-8-13-23(5,6)19-11-12-20(24)21(22(19)25)18-14-16(4)9-10-17(18)15(2)3/h11-12,14-15,17-18,24-25H,7-10,13H2,1-6H3. The molecule has 1 aromatic rings. The van der Waals surface area contributed by atoms with Crippen molar-refractivity contribution in [1.82, 2.24) is 0 Å². The van der Waals surface area contributed by atoms with Crippen molar-refractivity contribution >= 4 is 0 Å². The van der Waals surface area contributed by atoms with Gasteiger partial charge < -0.3 is 10.2 Å². The summed E-state index contributed by atoms with van der Waals surface area (Å²) < 4.78 is 0. The molecule has 0 saturated carbocycles. The molecule has 0 fully saturated rings. The summed E-state index contributed by atoms with van der Waals surface area (Å²) >= 11 is 0. The van der Waals surface area contributed by atoms with Gasteiger partial charge in [-0.15, -0.1) is 0 Å². The molecule has 2 rings (SSSR count). The molecule has 0 aromatic heterocycles. The molecule has 0 heterocycles. The molecule has 2 heteroatoms. The van der Waals surface area contributed by atoms with Crippen molar-refractivity contribution in [3.05, 3.63) is 34.9 Å². The molecule has 140 valence electrons. The summed E-state index contributed by atoms with van der Waals surface area (Å²) in [6, 6.07) is 3.70. The van der Waals surface area contributed by atoms with E-state index in [9.17, 15) is 10.2 Å². The van der Waals surface area contributed by atoms with E-state index >= 15 is 0 Å². The highest BCUT2D eigenvalue weighted by atomic mass is 16.3. The van der Waals surface area contributed by atoms with Crippen LogP contribution in [0, 0.1) is 11.8 Å². The molecule has 1 aromatic carbocycles. The Hall–Kier alpha value is -1.44. The van der Waals surface area contributed by atoms with Crippen LogP contribution >= 0.6 is 0 Å². The molecule has 0 aliphatic heterocycles. The normalized spacial score (nSPS) is 21.5. The Labute approximate surface area is 154 Å². The van der Waals surface area contributed by atoms with Gasteiger partial charge in [-0.05, 0) is 49.5 Å². The summed E-state index contributed by atoms with van der Waals surface area (Å²) in [5.74, 6) is 1.60. The number of phenolic OH excluding ortho intramolecular Hbond substituents is 2. The van der Waals surface area contributed by atoms with Crippen molar-refractivity contribution in [3.63, 3.8) is 0 Å². The first-order valence-corrected chi connectivity index (χ1v) is 9.91. The van der Waals surface area contributed by atoms with Crippen LogP contribution in [0.15, 0.2) is 23.8 Å². The van der Waals surface area contributed by atoms with E-state index in [4.69, 9.17) is 0 Å². The highest BCUT2D eigenvalue weighted by Gasteiger charge is 2.34. The highest BCUT2D eigenvalue weighted by Crippen LogP contribution is 2.49. The van der Waals surface area contributed by atoms with Crippen LogP contribution in [-0.4, -0.2) is 10.2 Å². The van der Waals surface area contributed by atoms with Crippen LogP contribution < -0.4 is 0 Å². The summed E-state index contributed by atoms with van der Waals surface area (Å²) in [5, 5.41) is 21.8. The first-order chi connectivity index (χ1) is 11.7. The van der Waals surface area contributed by atoms with Gasteiger partial charge in [0.25, 0.3) is 0 Å². The van der Waals surface area contributed by atoms with Crippen LogP contribution in [0.4, 0.5) is 0 Å². The quantitative estimate of drug-likeness (QED) is 0.566. The Balaban J connectivity index is 2.53. The minimum atomic E-state index is -0.0940. The van der Waals surface area contributed by atoms with Gasteiger partial charge in [-0.3, -0.25) is 0 Å². The molecule has 25 heavy (non-hydrogen) atoms. The average Bonchev–Trinajstić information content (AvgIpc) is 2.52. The zero-order valence-electron chi connectivity index (χ0n) is 16.9. The molecule has 2 N–H and O–H groups in total. The Kier molecular flexibility index (Phi) is 6.24. The molecule has 0 bridgehead atoms. The molecule has 0 spiro atoms. The lowest BCUT2D eigenvalue weighted by Crippen LogP contribution is -2.23. The van der Waals surface area contributed by atoms with Crippen molar-refractivity contribution < 1.29 is 10.2 Å². The zero-order valence-corrected chi connectivity index (χ0v) is 16.9. The third-order valence-corrected chi connectivity index (χ3v) is 6.07. The monoisotopic (exact) mass is 344 g/mol. The van der Waals surface area contributed by atoms with E-state index in [1.807, 2.05) is 6.07 Å². The molecule has 0 radical (unpaired) electrons. The van der Waals surface area contributed by atoms with Gasteiger partial charge in [-0.25, -0.2) is 0 Å². The number of phenols is 2. The third kappa shape index (κ3) is 4.22. The fourth-order valence-electron chi connectivity index (χ4n) is 4.36. The van der Waals surface area contributed by atoms with Crippen molar-refractivity contribution in [1.29, 1.82) is 0 Å². The van der Waals surface area contributed by atoms with Crippen molar-refractivity contribution in [2.75, 3.05) is 0 Å². The topological polar surface area (TPSA) is 40.5 Å². The van der Waals surface area contributed by atoms with E-state index in [1.54, 1.807) is 6.07 Å². The summed E-state index contributed by atoms with van der Waals surface area (Å²) in [6.07, 6.45) is 7.82. The second-order valence-corrected chi connectivity index (χ2v) is 8.87. The maximum atomic E-state index is 11.2. The minimum Gasteiger partial charge on any atom is -0.508 e. The Morgan fingerprint density at radius 3 is 2.48 bits per heavy atom. The van der Waals surface area contributed by atoms with Gasteiger partial charge in [0, 0.05) is 17.0 Å². The van der Waals surface area contributed by atoms with Crippen LogP contribution in [0.25, 0.3) is 0 Å². The van der Waals surface area contributed by atoms with Crippen LogP contribution in [-0.2, 0) is 5.41 Å². The van der Waals surface area contributed by atoms with Gasteiger partial charge in [-0.1, -0.05) is 65.2 Å². The smallest absolute Gasteiger partial charge is 0.126 e. The van der Waals surface area contributed by atoms with E-state index in [2.05, 4.69) is 47.6 Å². The maximum Gasteiger partial charge on any atom is 0.126 e. The fourth-order valence-corrected chi connectivity index (χ4v) is 4.36. The Morgan fingerprint density at radius 2 is 1.88 bits per heavy atom. The lowest BCUT2D eigenvalue weighted by molar-refractivity contribution is 0.302. The molecule has 2 nitrogen and oxygen atoms in total. The number of aromatic hydroxyl groups is 2. The summed E-state index contributed by atoms with van der Waals surface area (Å²) in [4.78, 5) is 0. The molecular formula is C23H36O2. The van der Waals surface area contributed by atoms with Gasteiger partial charge >= 0.3 is 0 Å². The highest BCUT2D eigenvalue weighted by molar-refractivity contribution is 5.55. The van der Waals surface area contributed by atoms with E-state index < -0.39 is 0 Å². The molecule has 0 amide bonds. The number of hydrogen-bond donors (Lipinski definition) is 2. The zero-order chi connectivity index (χ0) is 18.8. The number of hydrogen-bond acceptors (Lipinski definition) is 2. The second kappa shape index (κ2) is 7.85. The number of unbranched alkanes of at least 4 members (excludes halogenated alkanes) is 1. The Bertz CT molecular complexity index is 625. The molecular weight excluding hydrogens is 308 g/mol.